The fourth-order valence-electron chi connectivity index (χ4n) is 2.76. The van der Waals surface area contributed by atoms with Crippen LogP contribution in [-0.2, 0) is 6.61 Å². The molecule has 30 heavy (non-hydrogen) atoms. The molecule has 5 heteroatoms. The summed E-state index contributed by atoms with van der Waals surface area (Å²) in [7, 11) is 1.56. The first-order chi connectivity index (χ1) is 14.5. The molecule has 1 N–H and O–H groups in total. The van der Waals surface area contributed by atoms with Gasteiger partial charge in [-0.1, -0.05) is 44.2 Å². The standard InChI is InChI=1S/C25H27NO4/c1-18(2)16-30-23-14-9-20(15-24(23)28-3)25(27)26-21-10-12-22(13-11-21)29-17-19-7-5-4-6-8-19/h4-15,18H,16-17H2,1-3H3,(H,26,27). The van der Waals surface area contributed by atoms with Crippen molar-refractivity contribution in [2.24, 2.45) is 5.92 Å². The molecule has 0 atom stereocenters. The van der Waals surface area contributed by atoms with E-state index in [1.807, 2.05) is 54.6 Å². The molecule has 0 spiro atoms. The lowest BCUT2D eigenvalue weighted by atomic mass is 10.1. The van der Waals surface area contributed by atoms with E-state index in [0.717, 1.165) is 11.3 Å². The van der Waals surface area contributed by atoms with Gasteiger partial charge in [0, 0.05) is 11.3 Å². The van der Waals surface area contributed by atoms with E-state index in [1.165, 1.54) is 0 Å². The molecule has 0 radical (unpaired) electrons. The predicted octanol–water partition coefficient (Wildman–Crippen LogP) is 5.56. The highest BCUT2D eigenvalue weighted by atomic mass is 16.5. The van der Waals surface area contributed by atoms with Crippen molar-refractivity contribution in [1.29, 1.82) is 0 Å². The van der Waals surface area contributed by atoms with Crippen LogP contribution >= 0.6 is 0 Å². The van der Waals surface area contributed by atoms with E-state index in [4.69, 9.17) is 14.2 Å². The van der Waals surface area contributed by atoms with Gasteiger partial charge in [0.05, 0.1) is 13.7 Å². The number of hydrogen-bond acceptors (Lipinski definition) is 4. The third kappa shape index (κ3) is 6.01. The highest BCUT2D eigenvalue weighted by molar-refractivity contribution is 6.04. The van der Waals surface area contributed by atoms with Gasteiger partial charge in [-0.25, -0.2) is 0 Å². The highest BCUT2D eigenvalue weighted by Crippen LogP contribution is 2.29. The molecule has 156 valence electrons. The van der Waals surface area contributed by atoms with Gasteiger partial charge >= 0.3 is 0 Å². The average Bonchev–Trinajstić information content (AvgIpc) is 2.77. The van der Waals surface area contributed by atoms with Crippen LogP contribution in [0, 0.1) is 5.92 Å². The zero-order valence-corrected chi connectivity index (χ0v) is 17.6. The summed E-state index contributed by atoms with van der Waals surface area (Å²) >= 11 is 0. The van der Waals surface area contributed by atoms with Crippen LogP contribution in [0.1, 0.15) is 29.8 Å². The van der Waals surface area contributed by atoms with Crippen molar-refractivity contribution in [1.82, 2.24) is 0 Å². The number of hydrogen-bond donors (Lipinski definition) is 1. The zero-order chi connectivity index (χ0) is 21.3. The Morgan fingerprint density at radius 1 is 0.900 bits per heavy atom. The topological polar surface area (TPSA) is 56.8 Å². The van der Waals surface area contributed by atoms with Crippen molar-refractivity contribution in [3.8, 4) is 17.2 Å². The maximum atomic E-state index is 12.6. The SMILES string of the molecule is COc1cc(C(=O)Nc2ccc(OCc3ccccc3)cc2)ccc1OCC(C)C. The van der Waals surface area contributed by atoms with Crippen LogP contribution in [0.25, 0.3) is 0 Å². The molecule has 3 aromatic rings. The Balaban J connectivity index is 1.59. The first-order valence-corrected chi connectivity index (χ1v) is 9.94. The molecule has 5 nitrogen and oxygen atoms in total. The molecule has 0 saturated heterocycles. The van der Waals surface area contributed by atoms with Crippen LogP contribution in [0.2, 0.25) is 0 Å². The molecule has 0 aromatic heterocycles. The second-order valence-corrected chi connectivity index (χ2v) is 7.32. The molecule has 1 amide bonds. The fraction of sp³-hybridized carbons (Fsp3) is 0.240. The first-order valence-electron chi connectivity index (χ1n) is 9.94. The third-order valence-electron chi connectivity index (χ3n) is 4.36. The van der Waals surface area contributed by atoms with E-state index in [0.29, 0.717) is 41.9 Å². The van der Waals surface area contributed by atoms with Gasteiger partial charge in [0.1, 0.15) is 12.4 Å². The summed E-state index contributed by atoms with van der Waals surface area (Å²) in [6.07, 6.45) is 0. The van der Waals surface area contributed by atoms with E-state index in [1.54, 1.807) is 25.3 Å². The van der Waals surface area contributed by atoms with Gasteiger partial charge in [-0.2, -0.15) is 0 Å². The number of carbonyl (C=O) groups is 1. The fourth-order valence-corrected chi connectivity index (χ4v) is 2.76. The summed E-state index contributed by atoms with van der Waals surface area (Å²) in [5.74, 6) is 2.08. The Morgan fingerprint density at radius 3 is 2.30 bits per heavy atom. The molecule has 3 rings (SSSR count). The Kier molecular flexibility index (Phi) is 7.33. The summed E-state index contributed by atoms with van der Waals surface area (Å²) in [6, 6.07) is 22.4. The van der Waals surface area contributed by atoms with Gasteiger partial charge in [-0.3, -0.25) is 4.79 Å². The van der Waals surface area contributed by atoms with Crippen molar-refractivity contribution < 1.29 is 19.0 Å². The Hall–Kier alpha value is -3.47. The summed E-state index contributed by atoms with van der Waals surface area (Å²) in [6.45, 7) is 5.23. The molecule has 0 bridgehead atoms. The molecule has 0 aliphatic heterocycles. The van der Waals surface area contributed by atoms with E-state index < -0.39 is 0 Å². The second-order valence-electron chi connectivity index (χ2n) is 7.32. The lowest BCUT2D eigenvalue weighted by molar-refractivity contribution is 0.102. The van der Waals surface area contributed by atoms with Gasteiger partial charge in [-0.05, 0) is 53.9 Å². The Morgan fingerprint density at radius 2 is 1.63 bits per heavy atom. The molecule has 0 aliphatic carbocycles. The smallest absolute Gasteiger partial charge is 0.255 e. The number of rotatable bonds is 9. The molecular weight excluding hydrogens is 378 g/mol. The van der Waals surface area contributed by atoms with Gasteiger partial charge < -0.3 is 19.5 Å². The molecule has 0 aliphatic rings. The van der Waals surface area contributed by atoms with Crippen molar-refractivity contribution in [3.05, 3.63) is 83.9 Å². The van der Waals surface area contributed by atoms with Gasteiger partial charge in [0.25, 0.3) is 5.91 Å². The molecule has 0 fully saturated rings. The second kappa shape index (κ2) is 10.3. The largest absolute Gasteiger partial charge is 0.493 e. The lowest BCUT2D eigenvalue weighted by Crippen LogP contribution is -2.12. The van der Waals surface area contributed by atoms with E-state index in [2.05, 4.69) is 19.2 Å². The lowest BCUT2D eigenvalue weighted by Gasteiger charge is -2.14. The van der Waals surface area contributed by atoms with Crippen molar-refractivity contribution >= 4 is 11.6 Å². The van der Waals surface area contributed by atoms with Crippen LogP contribution in [0.4, 0.5) is 5.69 Å². The normalized spacial score (nSPS) is 10.5. The van der Waals surface area contributed by atoms with Gasteiger partial charge in [0.2, 0.25) is 0 Å². The average molecular weight is 405 g/mol. The summed E-state index contributed by atoms with van der Waals surface area (Å²) < 4.78 is 16.9. The van der Waals surface area contributed by atoms with Gasteiger partial charge in [0.15, 0.2) is 11.5 Å². The maximum absolute atomic E-state index is 12.6. The van der Waals surface area contributed by atoms with Gasteiger partial charge in [-0.15, -0.1) is 0 Å². The zero-order valence-electron chi connectivity index (χ0n) is 17.6. The Bertz CT molecular complexity index is 953. The first kappa shape index (κ1) is 21.2. The number of carbonyl (C=O) groups excluding carboxylic acids is 1. The molecule has 0 heterocycles. The molecule has 0 unspecified atom stereocenters. The number of methoxy groups -OCH3 is 1. The number of nitrogens with one attached hydrogen (secondary N) is 1. The van der Waals surface area contributed by atoms with E-state index in [9.17, 15) is 4.79 Å². The Labute approximate surface area is 177 Å². The minimum Gasteiger partial charge on any atom is -0.493 e. The van der Waals surface area contributed by atoms with Crippen molar-refractivity contribution in [2.45, 2.75) is 20.5 Å². The van der Waals surface area contributed by atoms with E-state index >= 15 is 0 Å². The molecule has 0 saturated carbocycles. The summed E-state index contributed by atoms with van der Waals surface area (Å²) in [5.41, 5.74) is 2.28. The quantitative estimate of drug-likeness (QED) is 0.506. The molecular formula is C25H27NO4. The van der Waals surface area contributed by atoms with Crippen LogP contribution < -0.4 is 19.5 Å². The predicted molar refractivity (Wildman–Crippen MR) is 118 cm³/mol. The number of anilines is 1. The van der Waals surface area contributed by atoms with Crippen LogP contribution in [0.5, 0.6) is 17.2 Å². The number of amides is 1. The van der Waals surface area contributed by atoms with Crippen LogP contribution in [0.15, 0.2) is 72.8 Å². The van der Waals surface area contributed by atoms with Crippen LogP contribution in [-0.4, -0.2) is 19.6 Å². The van der Waals surface area contributed by atoms with Crippen LogP contribution in [0.3, 0.4) is 0 Å². The maximum Gasteiger partial charge on any atom is 0.255 e. The minimum atomic E-state index is -0.221. The summed E-state index contributed by atoms with van der Waals surface area (Å²) in [5, 5.41) is 2.89. The number of ether oxygens (including phenoxy) is 3. The highest BCUT2D eigenvalue weighted by Gasteiger charge is 2.12. The van der Waals surface area contributed by atoms with Crippen molar-refractivity contribution in [2.75, 3.05) is 19.0 Å². The summed E-state index contributed by atoms with van der Waals surface area (Å²) in [4.78, 5) is 12.6. The number of benzene rings is 3. The minimum absolute atomic E-state index is 0.221. The molecule has 3 aromatic carbocycles. The monoisotopic (exact) mass is 405 g/mol. The van der Waals surface area contributed by atoms with E-state index in [-0.39, 0.29) is 5.91 Å². The van der Waals surface area contributed by atoms with Crippen molar-refractivity contribution in [3.63, 3.8) is 0 Å². The third-order valence-corrected chi connectivity index (χ3v) is 4.36.